The molecular formula is C9H10BrN3O2S. The molecule has 2 N–H and O–H groups in total. The number of rotatable bonds is 4. The van der Waals surface area contributed by atoms with E-state index in [1.54, 1.807) is 19.1 Å². The summed E-state index contributed by atoms with van der Waals surface area (Å²) in [6.07, 6.45) is 0. The van der Waals surface area contributed by atoms with E-state index in [1.807, 2.05) is 6.07 Å². The minimum absolute atomic E-state index is 0.256. The smallest absolute Gasteiger partial charge is 0.270 e. The normalized spacial score (nSPS) is 10.8. The van der Waals surface area contributed by atoms with Crippen molar-refractivity contribution in [3.05, 3.63) is 28.2 Å². The predicted octanol–water partition coefficient (Wildman–Crippen LogP) is 1.59. The van der Waals surface area contributed by atoms with Gasteiger partial charge < -0.3 is 0 Å². The number of hydrogen-bond acceptors (Lipinski definition) is 3. The zero-order valence-corrected chi connectivity index (χ0v) is 10.9. The lowest BCUT2D eigenvalue weighted by molar-refractivity contribution is 0.589. The lowest BCUT2D eigenvalue weighted by atomic mass is 10.2. The molecule has 0 fully saturated rings. The third-order valence-electron chi connectivity index (χ3n) is 1.68. The van der Waals surface area contributed by atoms with Gasteiger partial charge in [0.1, 0.15) is 6.07 Å². The first-order valence-corrected chi connectivity index (χ1v) is 6.73. The summed E-state index contributed by atoms with van der Waals surface area (Å²) in [4.78, 5) is 0. The van der Waals surface area contributed by atoms with Crippen molar-refractivity contribution in [3.8, 4) is 6.07 Å². The minimum Gasteiger partial charge on any atom is -0.270 e. The number of benzene rings is 1. The van der Waals surface area contributed by atoms with E-state index in [0.29, 0.717) is 0 Å². The molecule has 1 aromatic carbocycles. The van der Waals surface area contributed by atoms with Crippen LogP contribution in [0.5, 0.6) is 0 Å². The fourth-order valence-electron chi connectivity index (χ4n) is 1.07. The van der Waals surface area contributed by atoms with Gasteiger partial charge in [-0.1, -0.05) is 22.9 Å². The Kier molecular flexibility index (Phi) is 4.29. The van der Waals surface area contributed by atoms with Gasteiger partial charge in [-0.05, 0) is 18.2 Å². The van der Waals surface area contributed by atoms with Gasteiger partial charge in [0.15, 0.2) is 0 Å². The van der Waals surface area contributed by atoms with Gasteiger partial charge in [0.25, 0.3) is 10.2 Å². The molecule has 0 radical (unpaired) electrons. The van der Waals surface area contributed by atoms with Crippen molar-refractivity contribution in [2.45, 2.75) is 6.92 Å². The van der Waals surface area contributed by atoms with Crippen LogP contribution in [0.15, 0.2) is 22.7 Å². The molecule has 0 saturated carbocycles. The first-order chi connectivity index (χ1) is 7.48. The molecule has 1 aromatic rings. The molecule has 0 aliphatic rings. The van der Waals surface area contributed by atoms with E-state index < -0.39 is 10.2 Å². The van der Waals surface area contributed by atoms with E-state index in [1.165, 1.54) is 6.07 Å². The van der Waals surface area contributed by atoms with Crippen molar-refractivity contribution in [2.24, 2.45) is 0 Å². The maximum Gasteiger partial charge on any atom is 0.299 e. The molecule has 0 atom stereocenters. The van der Waals surface area contributed by atoms with E-state index in [9.17, 15) is 8.42 Å². The zero-order chi connectivity index (χ0) is 12.2. The Morgan fingerprint density at radius 2 is 2.19 bits per heavy atom. The van der Waals surface area contributed by atoms with Crippen molar-refractivity contribution >= 4 is 31.8 Å². The molecule has 7 heteroatoms. The van der Waals surface area contributed by atoms with Crippen LogP contribution in [0.1, 0.15) is 12.5 Å². The largest absolute Gasteiger partial charge is 0.299 e. The van der Waals surface area contributed by atoms with Crippen molar-refractivity contribution in [3.63, 3.8) is 0 Å². The molecule has 0 aliphatic carbocycles. The van der Waals surface area contributed by atoms with E-state index in [2.05, 4.69) is 25.4 Å². The highest BCUT2D eigenvalue weighted by atomic mass is 79.9. The van der Waals surface area contributed by atoms with Crippen LogP contribution in [0, 0.1) is 11.3 Å². The summed E-state index contributed by atoms with van der Waals surface area (Å²) in [6, 6.07) is 6.64. The number of nitrogens with one attached hydrogen (secondary N) is 2. The molecule has 86 valence electrons. The summed E-state index contributed by atoms with van der Waals surface area (Å²) in [5.41, 5.74) is 0.516. The summed E-state index contributed by atoms with van der Waals surface area (Å²) in [5, 5.41) is 8.84. The van der Waals surface area contributed by atoms with E-state index >= 15 is 0 Å². The first kappa shape index (κ1) is 13.0. The first-order valence-electron chi connectivity index (χ1n) is 4.45. The van der Waals surface area contributed by atoms with Crippen LogP contribution < -0.4 is 9.44 Å². The quantitative estimate of drug-likeness (QED) is 0.886. The van der Waals surface area contributed by atoms with Gasteiger partial charge in [0.2, 0.25) is 0 Å². The second-order valence-corrected chi connectivity index (χ2v) is 5.32. The Hall–Kier alpha value is -1.10. The summed E-state index contributed by atoms with van der Waals surface area (Å²) >= 11 is 3.20. The Morgan fingerprint density at radius 3 is 2.75 bits per heavy atom. The number of nitrogens with zero attached hydrogens (tertiary/aromatic N) is 1. The molecule has 0 aliphatic heterocycles. The molecule has 0 amide bonds. The van der Waals surface area contributed by atoms with Gasteiger partial charge >= 0.3 is 0 Å². The monoisotopic (exact) mass is 303 g/mol. The summed E-state index contributed by atoms with van der Waals surface area (Å²) < 4.78 is 28.1. The fourth-order valence-corrected chi connectivity index (χ4v) is 2.35. The van der Waals surface area contributed by atoms with Crippen LogP contribution in [-0.4, -0.2) is 15.0 Å². The highest BCUT2D eigenvalue weighted by Crippen LogP contribution is 2.20. The van der Waals surface area contributed by atoms with Crippen molar-refractivity contribution in [1.82, 2.24) is 4.72 Å². The summed E-state index contributed by atoms with van der Waals surface area (Å²) in [5.74, 6) is 0. The van der Waals surface area contributed by atoms with E-state index in [4.69, 9.17) is 5.26 Å². The van der Waals surface area contributed by atoms with Gasteiger partial charge in [0.05, 0.1) is 11.3 Å². The summed E-state index contributed by atoms with van der Waals surface area (Å²) in [7, 11) is -3.60. The molecule has 1 rings (SSSR count). The molecule has 0 saturated heterocycles. The second-order valence-electron chi connectivity index (χ2n) is 2.91. The van der Waals surface area contributed by atoms with Gasteiger partial charge in [-0.2, -0.15) is 18.4 Å². The highest BCUT2D eigenvalue weighted by Gasteiger charge is 2.11. The van der Waals surface area contributed by atoms with Crippen LogP contribution in [0.3, 0.4) is 0 Å². The number of anilines is 1. The lowest BCUT2D eigenvalue weighted by Crippen LogP contribution is -2.30. The highest BCUT2D eigenvalue weighted by molar-refractivity contribution is 9.10. The average Bonchev–Trinajstić information content (AvgIpc) is 2.20. The van der Waals surface area contributed by atoms with Crippen molar-refractivity contribution < 1.29 is 8.42 Å². The minimum atomic E-state index is -3.60. The Bertz CT molecular complexity index is 522. The summed E-state index contributed by atoms with van der Waals surface area (Å²) in [6.45, 7) is 1.96. The predicted molar refractivity (Wildman–Crippen MR) is 65.1 cm³/mol. The average molecular weight is 304 g/mol. The standard InChI is InChI=1S/C9H10BrN3O2S/c1-2-12-16(14,15)13-9-4-3-8(10)5-7(9)6-11/h3-5,12-13H,2H2,1H3. The number of halogens is 1. The lowest BCUT2D eigenvalue weighted by Gasteiger charge is -2.09. The molecule has 0 heterocycles. The molecule has 0 spiro atoms. The van der Waals surface area contributed by atoms with E-state index in [0.717, 1.165) is 4.47 Å². The van der Waals surface area contributed by atoms with Crippen molar-refractivity contribution in [2.75, 3.05) is 11.3 Å². The Labute approximate surface area is 103 Å². The number of hydrogen-bond donors (Lipinski definition) is 2. The van der Waals surface area contributed by atoms with Gasteiger partial charge in [-0.25, -0.2) is 0 Å². The molecule has 0 bridgehead atoms. The third-order valence-corrected chi connectivity index (χ3v) is 3.33. The van der Waals surface area contributed by atoms with Gasteiger partial charge in [0, 0.05) is 11.0 Å². The molecule has 0 aromatic heterocycles. The molecule has 0 unspecified atom stereocenters. The SMILES string of the molecule is CCNS(=O)(=O)Nc1ccc(Br)cc1C#N. The zero-order valence-electron chi connectivity index (χ0n) is 8.49. The van der Waals surface area contributed by atoms with Gasteiger partial charge in [-0.15, -0.1) is 0 Å². The molecular weight excluding hydrogens is 294 g/mol. The van der Waals surface area contributed by atoms with Crippen LogP contribution in [0.2, 0.25) is 0 Å². The maximum absolute atomic E-state index is 11.4. The van der Waals surface area contributed by atoms with Crippen molar-refractivity contribution in [1.29, 1.82) is 5.26 Å². The third kappa shape index (κ3) is 3.48. The Balaban J connectivity index is 3.03. The topological polar surface area (TPSA) is 82.0 Å². The van der Waals surface area contributed by atoms with Crippen LogP contribution >= 0.6 is 15.9 Å². The molecule has 16 heavy (non-hydrogen) atoms. The second kappa shape index (κ2) is 5.30. The fraction of sp³-hybridized carbons (Fsp3) is 0.222. The van der Waals surface area contributed by atoms with E-state index in [-0.39, 0.29) is 17.8 Å². The number of nitriles is 1. The molecule has 5 nitrogen and oxygen atoms in total. The van der Waals surface area contributed by atoms with Crippen LogP contribution in [0.4, 0.5) is 5.69 Å². The van der Waals surface area contributed by atoms with Crippen LogP contribution in [-0.2, 0) is 10.2 Å². The van der Waals surface area contributed by atoms with Crippen LogP contribution in [0.25, 0.3) is 0 Å². The Morgan fingerprint density at radius 1 is 1.50 bits per heavy atom. The van der Waals surface area contributed by atoms with Gasteiger partial charge in [-0.3, -0.25) is 4.72 Å². The maximum atomic E-state index is 11.4.